The quantitative estimate of drug-likeness (QED) is 0.777. The van der Waals surface area contributed by atoms with Crippen molar-refractivity contribution < 1.29 is 0 Å². The Kier molecular flexibility index (Phi) is 3.42. The van der Waals surface area contributed by atoms with Crippen molar-refractivity contribution in [2.75, 3.05) is 32.7 Å². The van der Waals surface area contributed by atoms with Gasteiger partial charge >= 0.3 is 0 Å². The fourth-order valence-corrected chi connectivity index (χ4v) is 3.97. The SMILES string of the molecule is CC1NCCC1CN1CC2CCCN2CC1C. The number of rotatable bonds is 2. The summed E-state index contributed by atoms with van der Waals surface area (Å²) in [7, 11) is 0. The summed E-state index contributed by atoms with van der Waals surface area (Å²) in [6, 6.07) is 2.36. The molecule has 0 amide bonds. The zero-order valence-electron chi connectivity index (χ0n) is 11.4. The molecule has 4 unspecified atom stereocenters. The standard InChI is InChI=1S/C14H27N3/c1-11-8-16-7-3-4-14(16)10-17(11)9-13-5-6-15-12(13)2/h11-15H,3-10H2,1-2H3. The maximum atomic E-state index is 3.58. The van der Waals surface area contributed by atoms with Crippen LogP contribution in [0.15, 0.2) is 0 Å². The molecule has 0 aromatic rings. The van der Waals surface area contributed by atoms with Crippen molar-refractivity contribution in [2.24, 2.45) is 5.92 Å². The fourth-order valence-electron chi connectivity index (χ4n) is 3.97. The Morgan fingerprint density at radius 1 is 1.18 bits per heavy atom. The third-order valence-corrected chi connectivity index (χ3v) is 5.22. The van der Waals surface area contributed by atoms with Crippen LogP contribution in [0.5, 0.6) is 0 Å². The fraction of sp³-hybridized carbons (Fsp3) is 1.00. The third kappa shape index (κ3) is 2.38. The first-order valence-electron chi connectivity index (χ1n) is 7.45. The van der Waals surface area contributed by atoms with Gasteiger partial charge in [-0.1, -0.05) is 0 Å². The van der Waals surface area contributed by atoms with E-state index in [-0.39, 0.29) is 0 Å². The third-order valence-electron chi connectivity index (χ3n) is 5.22. The van der Waals surface area contributed by atoms with E-state index in [1.54, 1.807) is 0 Å². The summed E-state index contributed by atoms with van der Waals surface area (Å²) in [5, 5.41) is 3.58. The van der Waals surface area contributed by atoms with Crippen molar-refractivity contribution >= 4 is 0 Å². The minimum absolute atomic E-state index is 0.726. The normalized spacial score (nSPS) is 44.1. The van der Waals surface area contributed by atoms with Crippen molar-refractivity contribution in [2.45, 2.75) is 51.2 Å². The Hall–Kier alpha value is -0.120. The van der Waals surface area contributed by atoms with E-state index in [4.69, 9.17) is 0 Å². The highest BCUT2D eigenvalue weighted by atomic mass is 15.3. The summed E-state index contributed by atoms with van der Waals surface area (Å²) in [4.78, 5) is 5.48. The molecule has 0 spiro atoms. The molecular formula is C14H27N3. The molecule has 0 bridgehead atoms. The summed E-state index contributed by atoms with van der Waals surface area (Å²) in [5.41, 5.74) is 0. The molecule has 3 aliphatic rings. The lowest BCUT2D eigenvalue weighted by atomic mass is 9.99. The zero-order chi connectivity index (χ0) is 11.8. The molecule has 3 aliphatic heterocycles. The topological polar surface area (TPSA) is 18.5 Å². The Labute approximate surface area is 106 Å². The average molecular weight is 237 g/mol. The summed E-state index contributed by atoms with van der Waals surface area (Å²) in [6.07, 6.45) is 4.23. The Morgan fingerprint density at radius 2 is 2.06 bits per heavy atom. The summed E-state index contributed by atoms with van der Waals surface area (Å²) >= 11 is 0. The van der Waals surface area contributed by atoms with Crippen LogP contribution in [-0.2, 0) is 0 Å². The van der Waals surface area contributed by atoms with Gasteiger partial charge < -0.3 is 5.32 Å². The number of nitrogens with one attached hydrogen (secondary N) is 1. The van der Waals surface area contributed by atoms with Gasteiger partial charge in [0.1, 0.15) is 0 Å². The first kappa shape index (κ1) is 11.9. The average Bonchev–Trinajstić information content (AvgIpc) is 2.89. The molecule has 3 nitrogen and oxygen atoms in total. The maximum Gasteiger partial charge on any atom is 0.0224 e. The van der Waals surface area contributed by atoms with Gasteiger partial charge in [-0.2, -0.15) is 0 Å². The van der Waals surface area contributed by atoms with E-state index in [9.17, 15) is 0 Å². The van der Waals surface area contributed by atoms with Gasteiger partial charge in [-0.05, 0) is 52.1 Å². The second-order valence-electron chi connectivity index (χ2n) is 6.39. The molecule has 3 heterocycles. The minimum atomic E-state index is 0.726. The Bertz CT molecular complexity index is 268. The van der Waals surface area contributed by atoms with E-state index >= 15 is 0 Å². The number of hydrogen-bond donors (Lipinski definition) is 1. The Balaban J connectivity index is 1.59. The largest absolute Gasteiger partial charge is 0.314 e. The number of nitrogens with zero attached hydrogens (tertiary/aromatic N) is 2. The van der Waals surface area contributed by atoms with Crippen LogP contribution in [0.3, 0.4) is 0 Å². The first-order valence-corrected chi connectivity index (χ1v) is 7.45. The van der Waals surface area contributed by atoms with Crippen molar-refractivity contribution in [3.63, 3.8) is 0 Å². The van der Waals surface area contributed by atoms with Gasteiger partial charge in [-0.25, -0.2) is 0 Å². The second kappa shape index (κ2) is 4.87. The Morgan fingerprint density at radius 3 is 2.82 bits per heavy atom. The highest BCUT2D eigenvalue weighted by molar-refractivity contribution is 4.93. The van der Waals surface area contributed by atoms with Crippen LogP contribution >= 0.6 is 0 Å². The zero-order valence-corrected chi connectivity index (χ0v) is 11.4. The van der Waals surface area contributed by atoms with E-state index in [0.717, 1.165) is 24.0 Å². The second-order valence-corrected chi connectivity index (χ2v) is 6.39. The van der Waals surface area contributed by atoms with Gasteiger partial charge in [-0.15, -0.1) is 0 Å². The molecule has 3 heteroatoms. The minimum Gasteiger partial charge on any atom is -0.314 e. The van der Waals surface area contributed by atoms with Gasteiger partial charge in [-0.3, -0.25) is 9.80 Å². The molecule has 0 aromatic carbocycles. The van der Waals surface area contributed by atoms with Crippen molar-refractivity contribution in [1.82, 2.24) is 15.1 Å². The summed E-state index contributed by atoms with van der Waals surface area (Å²) in [6.45, 7) is 11.3. The molecule has 98 valence electrons. The number of hydrogen-bond acceptors (Lipinski definition) is 3. The van der Waals surface area contributed by atoms with Gasteiger partial charge in [0.25, 0.3) is 0 Å². The smallest absolute Gasteiger partial charge is 0.0224 e. The summed E-state index contributed by atoms with van der Waals surface area (Å²) in [5.74, 6) is 0.880. The number of fused-ring (bicyclic) bond motifs is 1. The van der Waals surface area contributed by atoms with Gasteiger partial charge in [0, 0.05) is 37.8 Å². The molecule has 0 aliphatic carbocycles. The van der Waals surface area contributed by atoms with Gasteiger partial charge in [0.2, 0.25) is 0 Å². The number of piperazine rings is 1. The van der Waals surface area contributed by atoms with Crippen LogP contribution < -0.4 is 5.32 Å². The first-order chi connectivity index (χ1) is 8.24. The monoisotopic (exact) mass is 237 g/mol. The van der Waals surface area contributed by atoms with Crippen LogP contribution in [0.2, 0.25) is 0 Å². The molecule has 17 heavy (non-hydrogen) atoms. The lowest BCUT2D eigenvalue weighted by Crippen LogP contribution is -2.56. The lowest BCUT2D eigenvalue weighted by Gasteiger charge is -2.43. The van der Waals surface area contributed by atoms with Crippen molar-refractivity contribution in [3.8, 4) is 0 Å². The maximum absolute atomic E-state index is 3.58. The molecular weight excluding hydrogens is 210 g/mol. The van der Waals surface area contributed by atoms with Crippen LogP contribution in [0, 0.1) is 5.92 Å². The predicted molar refractivity (Wildman–Crippen MR) is 71.2 cm³/mol. The van der Waals surface area contributed by atoms with Crippen molar-refractivity contribution in [3.05, 3.63) is 0 Å². The molecule has 3 fully saturated rings. The van der Waals surface area contributed by atoms with E-state index in [1.807, 2.05) is 0 Å². The highest BCUT2D eigenvalue weighted by Crippen LogP contribution is 2.26. The van der Waals surface area contributed by atoms with E-state index in [1.165, 1.54) is 52.0 Å². The van der Waals surface area contributed by atoms with Gasteiger partial charge in [0.05, 0.1) is 0 Å². The molecule has 1 N–H and O–H groups in total. The van der Waals surface area contributed by atoms with E-state index in [2.05, 4.69) is 29.0 Å². The van der Waals surface area contributed by atoms with E-state index < -0.39 is 0 Å². The van der Waals surface area contributed by atoms with E-state index in [0.29, 0.717) is 0 Å². The molecule has 0 aromatic heterocycles. The lowest BCUT2D eigenvalue weighted by molar-refractivity contribution is 0.0472. The van der Waals surface area contributed by atoms with Crippen LogP contribution in [0.25, 0.3) is 0 Å². The van der Waals surface area contributed by atoms with Crippen LogP contribution in [0.1, 0.15) is 33.1 Å². The van der Waals surface area contributed by atoms with Crippen molar-refractivity contribution in [1.29, 1.82) is 0 Å². The summed E-state index contributed by atoms with van der Waals surface area (Å²) < 4.78 is 0. The molecule has 0 saturated carbocycles. The van der Waals surface area contributed by atoms with Crippen LogP contribution in [0.4, 0.5) is 0 Å². The molecule has 0 radical (unpaired) electrons. The highest BCUT2D eigenvalue weighted by Gasteiger charge is 2.36. The van der Waals surface area contributed by atoms with Gasteiger partial charge in [0.15, 0.2) is 0 Å². The molecule has 4 atom stereocenters. The predicted octanol–water partition coefficient (Wildman–Crippen LogP) is 1.15. The van der Waals surface area contributed by atoms with Crippen LogP contribution in [-0.4, -0.2) is 60.6 Å². The molecule has 3 rings (SSSR count). The molecule has 3 saturated heterocycles.